The van der Waals surface area contributed by atoms with Gasteiger partial charge in [0.2, 0.25) is 5.88 Å². The molecule has 0 aliphatic carbocycles. The maximum Gasteiger partial charge on any atom is 0.352 e. The number of hydrogen-bond acceptors (Lipinski definition) is 13. The molecular formula is C22H24N8O6S2. The third-order valence-corrected chi connectivity index (χ3v) is 7.95. The number of carboxylic acids is 1. The first-order valence-electron chi connectivity index (χ1n) is 11.4. The quantitative estimate of drug-likeness (QED) is 0.183. The molecule has 0 unspecified atom stereocenters. The van der Waals surface area contributed by atoms with Crippen LogP contribution in [0.2, 0.25) is 0 Å². The smallest absolute Gasteiger partial charge is 0.352 e. The molecule has 0 radical (unpaired) electrons. The second-order valence-electron chi connectivity index (χ2n) is 8.21. The normalized spacial score (nSPS) is 22.2. The molecule has 0 aromatic carbocycles. The minimum absolute atomic E-state index is 0.0796. The van der Waals surface area contributed by atoms with Crippen LogP contribution in [0, 0.1) is 0 Å². The van der Waals surface area contributed by atoms with E-state index in [1.165, 1.54) is 16.7 Å². The number of oxime groups is 1. The van der Waals surface area contributed by atoms with Crippen molar-refractivity contribution in [1.29, 1.82) is 0 Å². The van der Waals surface area contributed by atoms with Crippen molar-refractivity contribution >= 4 is 51.7 Å². The van der Waals surface area contributed by atoms with Crippen LogP contribution in [0.5, 0.6) is 0 Å². The van der Waals surface area contributed by atoms with Gasteiger partial charge in [0.05, 0.1) is 7.11 Å². The van der Waals surface area contributed by atoms with Gasteiger partial charge in [-0.3, -0.25) is 19.9 Å². The van der Waals surface area contributed by atoms with Gasteiger partial charge in [-0.05, 0) is 18.6 Å². The summed E-state index contributed by atoms with van der Waals surface area (Å²) in [5.41, 5.74) is 9.34. The van der Waals surface area contributed by atoms with Crippen LogP contribution in [-0.2, 0) is 24.0 Å². The molecule has 1 aromatic rings. The lowest BCUT2D eigenvalue weighted by molar-refractivity contribution is -0.150. The fourth-order valence-corrected chi connectivity index (χ4v) is 6.10. The Morgan fingerprint density at radius 2 is 2.18 bits per heavy atom. The highest BCUT2D eigenvalue weighted by Gasteiger charge is 2.54. The molecule has 5 rings (SSSR count). The summed E-state index contributed by atoms with van der Waals surface area (Å²) in [6, 6.07) is -0.934. The lowest BCUT2D eigenvalue weighted by Gasteiger charge is -2.49. The number of anilines is 1. The van der Waals surface area contributed by atoms with E-state index in [9.17, 15) is 19.5 Å². The SMILES string of the molecule is CCO/N=C(\C(=O)N[C@@H]1C(=O)N2C(C(=O)O)=C(CN3C=CN4NC(OC)=CC=C34)CS[C@@H]12)c1csc(N)n1. The van der Waals surface area contributed by atoms with Gasteiger partial charge in [-0.25, -0.2) is 14.8 Å². The van der Waals surface area contributed by atoms with Gasteiger partial charge in [0.25, 0.3) is 11.8 Å². The summed E-state index contributed by atoms with van der Waals surface area (Å²) < 4.78 is 5.20. The van der Waals surface area contributed by atoms with E-state index in [1.807, 2.05) is 11.0 Å². The second kappa shape index (κ2) is 10.3. The van der Waals surface area contributed by atoms with Crippen LogP contribution in [0.15, 0.2) is 58.1 Å². The number of thioether (sulfide) groups is 1. The Bertz CT molecular complexity index is 1330. The highest BCUT2D eigenvalue weighted by Crippen LogP contribution is 2.41. The number of thiazole rings is 1. The number of amides is 2. The monoisotopic (exact) mass is 560 g/mol. The van der Waals surface area contributed by atoms with Crippen molar-refractivity contribution in [1.82, 2.24) is 30.5 Å². The first-order valence-corrected chi connectivity index (χ1v) is 13.3. The van der Waals surface area contributed by atoms with Crippen molar-refractivity contribution in [2.24, 2.45) is 5.16 Å². The van der Waals surface area contributed by atoms with Crippen molar-refractivity contribution in [2.45, 2.75) is 18.3 Å². The number of β-lactam (4-membered cyclic amide) rings is 1. The number of carbonyl (C=O) groups excluding carboxylic acids is 2. The summed E-state index contributed by atoms with van der Waals surface area (Å²) >= 11 is 2.51. The molecule has 4 aliphatic rings. The number of hydrazine groups is 1. The van der Waals surface area contributed by atoms with E-state index < -0.39 is 29.2 Å². The molecule has 38 heavy (non-hydrogen) atoms. The number of aliphatic carboxylic acids is 1. The number of allylic oxidation sites excluding steroid dienone is 2. The Morgan fingerprint density at radius 1 is 1.37 bits per heavy atom. The van der Waals surface area contributed by atoms with Gasteiger partial charge in [-0.2, -0.15) is 0 Å². The molecule has 200 valence electrons. The van der Waals surface area contributed by atoms with E-state index >= 15 is 0 Å². The Balaban J connectivity index is 1.32. The van der Waals surface area contributed by atoms with Crippen molar-refractivity contribution in [3.8, 4) is 0 Å². The molecule has 5 N–H and O–H groups in total. The molecule has 5 heterocycles. The number of nitrogen functional groups attached to an aromatic ring is 1. The van der Waals surface area contributed by atoms with Crippen LogP contribution in [-0.4, -0.2) is 85.8 Å². The standard InChI is InChI=1S/C22H24N8O6S2/c1-3-36-27-15(12-10-38-22(23)24-12)18(31)25-16-19(32)30-17(21(33)34)11(9-37-20(16)30)8-28-6-7-29-14(28)5-4-13(26-29)35-2/h4-7,10,16,20,26H,3,8-9H2,1-2H3,(H2,23,24)(H,25,31)(H,33,34)/b27-15-/t16-,20+/m1/s1. The highest BCUT2D eigenvalue weighted by molar-refractivity contribution is 8.00. The topological polar surface area (TPSA) is 175 Å². The first kappa shape index (κ1) is 25.5. The van der Waals surface area contributed by atoms with E-state index in [4.69, 9.17) is 15.3 Å². The fourth-order valence-electron chi connectivity index (χ4n) is 4.21. The Hall–Kier alpha value is -4.18. The molecule has 16 heteroatoms. The number of ether oxygens (including phenoxy) is 1. The van der Waals surface area contributed by atoms with Crippen molar-refractivity contribution in [2.75, 3.05) is 31.7 Å². The summed E-state index contributed by atoms with van der Waals surface area (Å²) in [5.74, 6) is -0.708. The van der Waals surface area contributed by atoms with Crippen LogP contribution in [0.1, 0.15) is 12.6 Å². The van der Waals surface area contributed by atoms with E-state index in [-0.39, 0.29) is 35.4 Å². The van der Waals surface area contributed by atoms with E-state index in [0.29, 0.717) is 17.2 Å². The second-order valence-corrected chi connectivity index (χ2v) is 10.2. The molecular weight excluding hydrogens is 536 g/mol. The molecule has 1 saturated heterocycles. The predicted molar refractivity (Wildman–Crippen MR) is 138 cm³/mol. The zero-order valence-electron chi connectivity index (χ0n) is 20.3. The first-order chi connectivity index (χ1) is 18.3. The van der Waals surface area contributed by atoms with Crippen molar-refractivity contribution in [3.05, 3.63) is 58.6 Å². The third kappa shape index (κ3) is 4.51. The number of nitrogens with two attached hydrogens (primary N) is 1. The molecule has 4 aliphatic heterocycles. The van der Waals surface area contributed by atoms with Crippen LogP contribution in [0.4, 0.5) is 5.13 Å². The summed E-state index contributed by atoms with van der Waals surface area (Å²) in [4.78, 5) is 50.6. The molecule has 0 saturated carbocycles. The Morgan fingerprint density at radius 3 is 2.87 bits per heavy atom. The van der Waals surface area contributed by atoms with Crippen LogP contribution in [0.3, 0.4) is 0 Å². The number of nitrogens with zero attached hydrogens (tertiary/aromatic N) is 5. The van der Waals surface area contributed by atoms with Crippen LogP contribution >= 0.6 is 23.1 Å². The number of rotatable bonds is 9. The summed E-state index contributed by atoms with van der Waals surface area (Å²) in [6.07, 6.45) is 7.20. The van der Waals surface area contributed by atoms with E-state index in [2.05, 4.69) is 20.9 Å². The predicted octanol–water partition coefficient (Wildman–Crippen LogP) is 0.141. The summed E-state index contributed by atoms with van der Waals surface area (Å²) in [6.45, 7) is 2.19. The van der Waals surface area contributed by atoms with E-state index in [1.54, 1.807) is 42.9 Å². The number of fused-ring (bicyclic) bond motifs is 2. The van der Waals surface area contributed by atoms with Gasteiger partial charge < -0.3 is 30.6 Å². The number of hydrogen-bond donors (Lipinski definition) is 4. The molecule has 2 amide bonds. The number of methoxy groups -OCH3 is 1. The third-order valence-electron chi connectivity index (χ3n) is 5.93. The molecule has 1 aromatic heterocycles. The van der Waals surface area contributed by atoms with Crippen molar-refractivity contribution in [3.63, 3.8) is 0 Å². The highest BCUT2D eigenvalue weighted by atomic mass is 32.2. The Labute approximate surface area is 225 Å². The minimum Gasteiger partial charge on any atom is -0.481 e. The van der Waals surface area contributed by atoms with Gasteiger partial charge in [-0.15, -0.1) is 23.1 Å². The number of carbonyl (C=O) groups is 3. The van der Waals surface area contributed by atoms with E-state index in [0.717, 1.165) is 17.2 Å². The average molecular weight is 561 g/mol. The maximum absolute atomic E-state index is 13.1. The number of nitrogens with one attached hydrogen (secondary N) is 2. The molecule has 0 spiro atoms. The lowest BCUT2D eigenvalue weighted by atomic mass is 10.0. The molecule has 14 nitrogen and oxygen atoms in total. The zero-order valence-corrected chi connectivity index (χ0v) is 21.9. The van der Waals surface area contributed by atoms with Crippen LogP contribution < -0.4 is 16.5 Å². The van der Waals surface area contributed by atoms with Gasteiger partial charge in [-0.1, -0.05) is 5.16 Å². The minimum atomic E-state index is -1.21. The molecule has 2 atom stereocenters. The van der Waals surface area contributed by atoms with Gasteiger partial charge >= 0.3 is 5.97 Å². The van der Waals surface area contributed by atoms with Gasteiger partial charge in [0.1, 0.15) is 35.2 Å². The maximum atomic E-state index is 13.1. The van der Waals surface area contributed by atoms with Gasteiger partial charge in [0.15, 0.2) is 10.8 Å². The largest absolute Gasteiger partial charge is 0.481 e. The van der Waals surface area contributed by atoms with Crippen LogP contribution in [0.25, 0.3) is 0 Å². The zero-order chi connectivity index (χ0) is 27.0. The average Bonchev–Trinajstić information content (AvgIpc) is 3.52. The number of carboxylic acid groups (broad SMARTS) is 1. The summed E-state index contributed by atoms with van der Waals surface area (Å²) in [7, 11) is 1.55. The fraction of sp³-hybridized carbons (Fsp3) is 0.318. The van der Waals surface area contributed by atoms with Gasteiger partial charge in [0, 0.05) is 36.2 Å². The Kier molecular flexibility index (Phi) is 6.90. The lowest BCUT2D eigenvalue weighted by Crippen LogP contribution is -2.71. The van der Waals surface area contributed by atoms with Crippen molar-refractivity contribution < 1.29 is 29.1 Å². The summed E-state index contributed by atoms with van der Waals surface area (Å²) in [5, 5.41) is 19.5. The molecule has 0 bridgehead atoms. The molecule has 1 fully saturated rings. The number of aromatic nitrogens is 1.